The second-order valence-electron chi connectivity index (χ2n) is 5.62. The van der Waals surface area contributed by atoms with E-state index in [-0.39, 0.29) is 0 Å². The minimum Gasteiger partial charge on any atom is -0.497 e. The van der Waals surface area contributed by atoms with Gasteiger partial charge in [-0.1, -0.05) is 0 Å². The van der Waals surface area contributed by atoms with Gasteiger partial charge in [0.05, 0.1) is 7.11 Å². The molecule has 1 aliphatic rings. The molecule has 1 aliphatic heterocycles. The van der Waals surface area contributed by atoms with Gasteiger partial charge in [-0.25, -0.2) is 0 Å². The molecule has 1 N–H and O–H groups in total. The van der Waals surface area contributed by atoms with Crippen LogP contribution in [0.2, 0.25) is 0 Å². The highest BCUT2D eigenvalue weighted by Gasteiger charge is 2.14. The Kier molecular flexibility index (Phi) is 3.94. The molecule has 2 heterocycles. The molecule has 108 valence electrons. The average molecular weight is 273 g/mol. The quantitative estimate of drug-likeness (QED) is 0.924. The molecule has 1 fully saturated rings. The monoisotopic (exact) mass is 273 g/mol. The number of hydrogen-bond donors (Lipinski definition) is 1. The minimum absolute atomic E-state index is 0.907. The third-order valence-corrected chi connectivity index (χ3v) is 4.27. The molecule has 1 aromatic carbocycles. The summed E-state index contributed by atoms with van der Waals surface area (Å²) in [6, 6.07) is 6.26. The Bertz CT molecular complexity index is 570. The highest BCUT2D eigenvalue weighted by Crippen LogP contribution is 2.23. The summed E-state index contributed by atoms with van der Waals surface area (Å²) in [7, 11) is 3.91. The van der Waals surface area contributed by atoms with Gasteiger partial charge < -0.3 is 19.5 Å². The van der Waals surface area contributed by atoms with Gasteiger partial charge in [-0.05, 0) is 31.2 Å². The first-order valence-electron chi connectivity index (χ1n) is 7.31. The maximum atomic E-state index is 5.26. The Morgan fingerprint density at radius 3 is 2.75 bits per heavy atom. The van der Waals surface area contributed by atoms with Gasteiger partial charge in [0.15, 0.2) is 0 Å². The zero-order chi connectivity index (χ0) is 13.9. The number of nitrogens with zero attached hydrogens (tertiary/aromatic N) is 2. The number of methoxy groups -OCH3 is 1. The summed E-state index contributed by atoms with van der Waals surface area (Å²) < 4.78 is 5.26. The topological polar surface area (TPSA) is 31.5 Å². The van der Waals surface area contributed by atoms with Crippen LogP contribution in [0.3, 0.4) is 0 Å². The lowest BCUT2D eigenvalue weighted by molar-refractivity contribution is 0.155. The lowest BCUT2D eigenvalue weighted by atomic mass is 10.1. The van der Waals surface area contributed by atoms with Crippen LogP contribution in [0.5, 0.6) is 5.75 Å². The lowest BCUT2D eigenvalue weighted by Gasteiger charge is -2.32. The van der Waals surface area contributed by atoms with Crippen molar-refractivity contribution in [1.29, 1.82) is 0 Å². The summed E-state index contributed by atoms with van der Waals surface area (Å²) in [4.78, 5) is 8.31. The molecule has 0 radical (unpaired) electrons. The van der Waals surface area contributed by atoms with Crippen LogP contribution < -0.4 is 4.74 Å². The lowest BCUT2D eigenvalue weighted by Crippen LogP contribution is -2.45. The van der Waals surface area contributed by atoms with Gasteiger partial charge in [0, 0.05) is 55.9 Å². The number of rotatable bonds is 4. The maximum absolute atomic E-state index is 5.26. The Morgan fingerprint density at radius 2 is 2.00 bits per heavy atom. The van der Waals surface area contributed by atoms with Crippen molar-refractivity contribution >= 4 is 10.9 Å². The molecule has 0 amide bonds. The molecule has 1 saturated heterocycles. The fraction of sp³-hybridized carbons (Fsp3) is 0.500. The van der Waals surface area contributed by atoms with Gasteiger partial charge >= 0.3 is 0 Å². The number of aromatic nitrogens is 1. The van der Waals surface area contributed by atoms with E-state index in [1.54, 1.807) is 7.11 Å². The van der Waals surface area contributed by atoms with E-state index in [1.165, 1.54) is 37.1 Å². The van der Waals surface area contributed by atoms with E-state index >= 15 is 0 Å². The largest absolute Gasteiger partial charge is 0.497 e. The third kappa shape index (κ3) is 2.81. The number of fused-ring (bicyclic) bond motifs is 1. The van der Waals surface area contributed by atoms with Gasteiger partial charge in [0.25, 0.3) is 0 Å². The van der Waals surface area contributed by atoms with E-state index in [0.717, 1.165) is 24.2 Å². The summed E-state index contributed by atoms with van der Waals surface area (Å²) in [6.07, 6.45) is 3.25. The van der Waals surface area contributed by atoms with Crippen molar-refractivity contribution < 1.29 is 4.74 Å². The zero-order valence-electron chi connectivity index (χ0n) is 12.4. The Labute approximate surface area is 120 Å². The Balaban J connectivity index is 1.65. The molecule has 3 rings (SSSR count). The first-order valence-corrected chi connectivity index (χ1v) is 7.31. The molecule has 0 saturated carbocycles. The number of benzene rings is 1. The van der Waals surface area contributed by atoms with Gasteiger partial charge in [-0.15, -0.1) is 0 Å². The van der Waals surface area contributed by atoms with E-state index in [1.807, 2.05) is 6.07 Å². The van der Waals surface area contributed by atoms with E-state index < -0.39 is 0 Å². The molecule has 0 aliphatic carbocycles. The molecule has 20 heavy (non-hydrogen) atoms. The number of H-pyrrole nitrogens is 1. The number of likely N-dealkylation sites (N-methyl/N-ethyl adjacent to an activating group) is 1. The highest BCUT2D eigenvalue weighted by atomic mass is 16.5. The first-order chi connectivity index (χ1) is 9.76. The van der Waals surface area contributed by atoms with Crippen molar-refractivity contribution in [1.82, 2.24) is 14.8 Å². The second-order valence-corrected chi connectivity index (χ2v) is 5.62. The first kappa shape index (κ1) is 13.5. The minimum atomic E-state index is 0.907. The van der Waals surface area contributed by atoms with E-state index in [0.29, 0.717) is 0 Å². The molecular weight excluding hydrogens is 250 g/mol. The molecule has 1 aromatic heterocycles. The van der Waals surface area contributed by atoms with Crippen LogP contribution in [0.4, 0.5) is 0 Å². The van der Waals surface area contributed by atoms with E-state index in [9.17, 15) is 0 Å². The standard InChI is InChI=1S/C16H23N3O/c1-18-7-9-19(10-8-18)6-5-13-12-17-16-11-14(20-2)3-4-15(13)16/h3-4,11-12,17H,5-10H2,1-2H3. The molecule has 4 nitrogen and oxygen atoms in total. The van der Waals surface area contributed by atoms with Crippen LogP contribution in [0.1, 0.15) is 5.56 Å². The van der Waals surface area contributed by atoms with Crippen LogP contribution in [-0.4, -0.2) is 61.7 Å². The van der Waals surface area contributed by atoms with Gasteiger partial charge in [-0.2, -0.15) is 0 Å². The van der Waals surface area contributed by atoms with Crippen molar-refractivity contribution in [3.05, 3.63) is 30.0 Å². The summed E-state index contributed by atoms with van der Waals surface area (Å²) in [5.74, 6) is 0.907. The number of nitrogens with one attached hydrogen (secondary N) is 1. The number of aromatic amines is 1. The molecule has 0 atom stereocenters. The summed E-state index contributed by atoms with van der Waals surface area (Å²) in [6.45, 7) is 5.89. The predicted molar refractivity (Wildman–Crippen MR) is 82.5 cm³/mol. The number of hydrogen-bond acceptors (Lipinski definition) is 3. The van der Waals surface area contributed by atoms with Crippen LogP contribution in [0.25, 0.3) is 10.9 Å². The third-order valence-electron chi connectivity index (χ3n) is 4.27. The summed E-state index contributed by atoms with van der Waals surface area (Å²) in [5, 5.41) is 1.32. The highest BCUT2D eigenvalue weighted by molar-refractivity contribution is 5.84. The second kappa shape index (κ2) is 5.85. The van der Waals surface area contributed by atoms with Gasteiger partial charge in [0.1, 0.15) is 5.75 Å². The van der Waals surface area contributed by atoms with Crippen molar-refractivity contribution in [2.24, 2.45) is 0 Å². The summed E-state index contributed by atoms with van der Waals surface area (Å²) in [5.41, 5.74) is 2.57. The van der Waals surface area contributed by atoms with Crippen molar-refractivity contribution in [2.75, 3.05) is 46.9 Å². The van der Waals surface area contributed by atoms with E-state index in [2.05, 4.69) is 40.2 Å². The molecule has 4 heteroatoms. The number of piperazine rings is 1. The van der Waals surface area contributed by atoms with Gasteiger partial charge in [-0.3, -0.25) is 0 Å². The normalized spacial score (nSPS) is 17.7. The molecule has 2 aromatic rings. The predicted octanol–water partition coefficient (Wildman–Crippen LogP) is 1.97. The van der Waals surface area contributed by atoms with Crippen molar-refractivity contribution in [3.63, 3.8) is 0 Å². The summed E-state index contributed by atoms with van der Waals surface area (Å²) >= 11 is 0. The molecule has 0 unspecified atom stereocenters. The fourth-order valence-electron chi connectivity index (χ4n) is 2.85. The van der Waals surface area contributed by atoms with Crippen molar-refractivity contribution in [2.45, 2.75) is 6.42 Å². The molecule has 0 spiro atoms. The van der Waals surface area contributed by atoms with Crippen LogP contribution in [0, 0.1) is 0 Å². The van der Waals surface area contributed by atoms with E-state index in [4.69, 9.17) is 4.74 Å². The molecular formula is C16H23N3O. The van der Waals surface area contributed by atoms with Crippen LogP contribution in [0.15, 0.2) is 24.4 Å². The fourth-order valence-corrected chi connectivity index (χ4v) is 2.85. The maximum Gasteiger partial charge on any atom is 0.120 e. The smallest absolute Gasteiger partial charge is 0.120 e. The SMILES string of the molecule is COc1ccc2c(CCN3CCN(C)CC3)c[nH]c2c1. The molecule has 0 bridgehead atoms. The van der Waals surface area contributed by atoms with Gasteiger partial charge in [0.2, 0.25) is 0 Å². The average Bonchev–Trinajstić information content (AvgIpc) is 2.89. The van der Waals surface area contributed by atoms with Crippen LogP contribution in [-0.2, 0) is 6.42 Å². The number of ether oxygens (including phenoxy) is 1. The van der Waals surface area contributed by atoms with Crippen molar-refractivity contribution in [3.8, 4) is 5.75 Å². The zero-order valence-corrected chi connectivity index (χ0v) is 12.4. The Morgan fingerprint density at radius 1 is 1.20 bits per heavy atom. The van der Waals surface area contributed by atoms with Crippen LogP contribution >= 0.6 is 0 Å². The Hall–Kier alpha value is -1.52.